The quantitative estimate of drug-likeness (QED) is 0.451. The number of nitrogens with zero attached hydrogens (tertiary/aromatic N) is 6. The predicted molar refractivity (Wildman–Crippen MR) is 131 cm³/mol. The molecule has 1 atom stereocenters. The summed E-state index contributed by atoms with van der Waals surface area (Å²) in [6.07, 6.45) is 3.57. The lowest BCUT2D eigenvalue weighted by Crippen LogP contribution is -2.56. The molecular formula is C24H30N8O2. The number of carbonyl (C=O) groups is 1. The van der Waals surface area contributed by atoms with Crippen molar-refractivity contribution in [3.8, 4) is 0 Å². The average Bonchev–Trinajstić information content (AvgIpc) is 3.25. The Hall–Kier alpha value is -3.66. The first kappa shape index (κ1) is 22.1. The van der Waals surface area contributed by atoms with E-state index in [9.17, 15) is 4.79 Å². The van der Waals surface area contributed by atoms with Crippen LogP contribution in [0.2, 0.25) is 0 Å². The first-order valence-corrected chi connectivity index (χ1v) is 11.6. The second-order valence-electron chi connectivity index (χ2n) is 8.81. The monoisotopic (exact) mass is 462 g/mol. The number of H-pyrrole nitrogens is 1. The maximum atomic E-state index is 12.8. The number of piperazine rings is 1. The number of benzene rings is 1. The summed E-state index contributed by atoms with van der Waals surface area (Å²) in [5.41, 5.74) is 9.71. The number of ether oxygens (including phenoxy) is 1. The number of hydrogen-bond donors (Lipinski definition) is 2. The molecule has 2 aliphatic rings. The number of morpholine rings is 1. The summed E-state index contributed by atoms with van der Waals surface area (Å²) in [5.74, 6) is 1.39. The molecule has 0 unspecified atom stereocenters. The van der Waals surface area contributed by atoms with Gasteiger partial charge in [0.25, 0.3) is 5.91 Å². The van der Waals surface area contributed by atoms with Crippen molar-refractivity contribution in [2.24, 2.45) is 10.7 Å². The van der Waals surface area contributed by atoms with Crippen LogP contribution in [0.4, 0.5) is 11.5 Å². The summed E-state index contributed by atoms with van der Waals surface area (Å²) in [6.45, 7) is 8.82. The predicted octanol–water partition coefficient (Wildman–Crippen LogP) is 1.90. The molecule has 2 fully saturated rings. The minimum absolute atomic E-state index is 0.00267. The number of aromatic amines is 1. The second-order valence-corrected chi connectivity index (χ2v) is 8.81. The van der Waals surface area contributed by atoms with Crippen LogP contribution in [0.5, 0.6) is 0 Å². The number of guanidine groups is 1. The highest BCUT2D eigenvalue weighted by molar-refractivity contribution is 5.95. The van der Waals surface area contributed by atoms with Gasteiger partial charge in [-0.2, -0.15) is 0 Å². The molecule has 0 spiro atoms. The fraction of sp³-hybridized carbons (Fsp3) is 0.417. The Morgan fingerprint density at radius 2 is 2.03 bits per heavy atom. The minimum atomic E-state index is -0.00267. The largest absolute Gasteiger partial charge is 0.378 e. The highest BCUT2D eigenvalue weighted by atomic mass is 16.5. The molecule has 3 N–H and O–H groups in total. The Morgan fingerprint density at radius 1 is 1.21 bits per heavy atom. The molecule has 10 heteroatoms. The van der Waals surface area contributed by atoms with Gasteiger partial charge in [-0.05, 0) is 37.6 Å². The van der Waals surface area contributed by atoms with Crippen LogP contribution in [0.15, 0.2) is 41.8 Å². The van der Waals surface area contributed by atoms with Crippen molar-refractivity contribution in [1.82, 2.24) is 24.8 Å². The molecule has 0 saturated carbocycles. The van der Waals surface area contributed by atoms with E-state index in [4.69, 9.17) is 10.5 Å². The minimum Gasteiger partial charge on any atom is -0.378 e. The van der Waals surface area contributed by atoms with Gasteiger partial charge in [0.05, 0.1) is 24.3 Å². The van der Waals surface area contributed by atoms with Crippen LogP contribution in [0.1, 0.15) is 22.8 Å². The first-order chi connectivity index (χ1) is 16.5. The number of hydrogen-bond acceptors (Lipinski definition) is 6. The molecule has 178 valence electrons. The second kappa shape index (κ2) is 9.30. The molecule has 2 saturated heterocycles. The van der Waals surface area contributed by atoms with Crippen LogP contribution < -0.4 is 10.6 Å². The van der Waals surface area contributed by atoms with Gasteiger partial charge >= 0.3 is 0 Å². The highest BCUT2D eigenvalue weighted by Gasteiger charge is 2.27. The Bertz CT molecular complexity index is 1220. The van der Waals surface area contributed by atoms with Gasteiger partial charge in [-0.3, -0.25) is 4.79 Å². The Labute approximate surface area is 198 Å². The topological polar surface area (TPSA) is 116 Å². The zero-order valence-electron chi connectivity index (χ0n) is 19.6. The number of aliphatic imine (C=N–C) groups is 1. The summed E-state index contributed by atoms with van der Waals surface area (Å²) >= 11 is 0. The van der Waals surface area contributed by atoms with Crippen molar-refractivity contribution in [2.75, 3.05) is 50.8 Å². The summed E-state index contributed by atoms with van der Waals surface area (Å²) in [6, 6.07) is 7.48. The van der Waals surface area contributed by atoms with Crippen molar-refractivity contribution in [1.29, 1.82) is 0 Å². The molecule has 4 heterocycles. The summed E-state index contributed by atoms with van der Waals surface area (Å²) in [7, 11) is 0. The molecule has 34 heavy (non-hydrogen) atoms. The van der Waals surface area contributed by atoms with Gasteiger partial charge in [0.1, 0.15) is 17.8 Å². The van der Waals surface area contributed by atoms with Gasteiger partial charge in [-0.25, -0.2) is 15.0 Å². The average molecular weight is 463 g/mol. The van der Waals surface area contributed by atoms with E-state index in [-0.39, 0.29) is 11.9 Å². The Morgan fingerprint density at radius 3 is 2.82 bits per heavy atom. The Balaban J connectivity index is 1.30. The number of fused-ring (bicyclic) bond motifs is 1. The number of anilines is 1. The molecule has 1 aromatic carbocycles. The zero-order valence-corrected chi connectivity index (χ0v) is 19.6. The molecule has 0 aliphatic carbocycles. The molecule has 1 amide bonds. The fourth-order valence-corrected chi connectivity index (χ4v) is 4.68. The lowest BCUT2D eigenvalue weighted by Gasteiger charge is -2.41. The van der Waals surface area contributed by atoms with Crippen molar-refractivity contribution < 1.29 is 9.53 Å². The molecule has 3 aromatic rings. The smallest absolute Gasteiger partial charge is 0.254 e. The first-order valence-electron chi connectivity index (χ1n) is 11.6. The van der Waals surface area contributed by atoms with Crippen molar-refractivity contribution in [2.45, 2.75) is 19.9 Å². The third-order valence-electron chi connectivity index (χ3n) is 6.50. The normalized spacial score (nSPS) is 19.6. The van der Waals surface area contributed by atoms with E-state index in [1.54, 1.807) is 12.4 Å². The van der Waals surface area contributed by atoms with E-state index < -0.39 is 0 Å². The van der Waals surface area contributed by atoms with E-state index in [0.29, 0.717) is 43.5 Å². The molecule has 5 rings (SSSR count). The van der Waals surface area contributed by atoms with Crippen LogP contribution in [0.3, 0.4) is 0 Å². The zero-order chi connectivity index (χ0) is 23.7. The number of carbonyl (C=O) groups excluding carboxylic acids is 1. The van der Waals surface area contributed by atoms with Crippen LogP contribution in [0, 0.1) is 6.92 Å². The molecule has 2 aromatic heterocycles. The van der Waals surface area contributed by atoms with Gasteiger partial charge in [-0.15, -0.1) is 0 Å². The number of nitrogens with two attached hydrogens (primary N) is 1. The van der Waals surface area contributed by atoms with Gasteiger partial charge in [0.15, 0.2) is 5.96 Å². The van der Waals surface area contributed by atoms with Gasteiger partial charge in [0.2, 0.25) is 0 Å². The number of aromatic nitrogens is 3. The van der Waals surface area contributed by atoms with E-state index in [0.717, 1.165) is 42.0 Å². The number of nitrogens with one attached hydrogen (secondary N) is 1. The van der Waals surface area contributed by atoms with Crippen LogP contribution in [0.25, 0.3) is 11.0 Å². The van der Waals surface area contributed by atoms with Gasteiger partial charge in [-0.1, -0.05) is 6.07 Å². The molecule has 0 radical (unpaired) electrons. The summed E-state index contributed by atoms with van der Waals surface area (Å²) in [4.78, 5) is 35.8. The fourth-order valence-electron chi connectivity index (χ4n) is 4.68. The van der Waals surface area contributed by atoms with E-state index in [2.05, 4.69) is 43.6 Å². The molecular weight excluding hydrogens is 432 g/mol. The van der Waals surface area contributed by atoms with E-state index in [1.807, 2.05) is 29.3 Å². The lowest BCUT2D eigenvalue weighted by atomic mass is 10.1. The SMILES string of the molecule is Cc1c[nH]c2ncnc(N3CCN(C(N)=Nc4cccc(C(=O)N5CCOCC5)c4)[C@@H](C)C3)c12. The van der Waals surface area contributed by atoms with Crippen molar-refractivity contribution >= 4 is 34.4 Å². The number of amides is 1. The Kier molecular flexibility index (Phi) is 6.06. The number of rotatable bonds is 3. The standard InChI is InChI=1S/C24H30N8O2/c1-16-13-26-21-20(16)22(28-15-27-21)31-6-7-32(17(2)14-31)24(25)29-19-5-3-4-18(12-19)23(33)30-8-10-34-11-9-30/h3-5,12-13,15,17H,6-11,14H2,1-2H3,(H2,25,29)(H,26,27,28)/t17-/m0/s1. The third-order valence-corrected chi connectivity index (χ3v) is 6.50. The van der Waals surface area contributed by atoms with Crippen molar-refractivity contribution in [3.05, 3.63) is 47.9 Å². The molecule has 0 bridgehead atoms. The third kappa shape index (κ3) is 4.28. The van der Waals surface area contributed by atoms with Crippen LogP contribution >= 0.6 is 0 Å². The van der Waals surface area contributed by atoms with Gasteiger partial charge in [0, 0.05) is 50.5 Å². The highest BCUT2D eigenvalue weighted by Crippen LogP contribution is 2.27. The maximum absolute atomic E-state index is 12.8. The van der Waals surface area contributed by atoms with Crippen LogP contribution in [-0.2, 0) is 4.74 Å². The van der Waals surface area contributed by atoms with E-state index >= 15 is 0 Å². The van der Waals surface area contributed by atoms with E-state index in [1.165, 1.54) is 0 Å². The molecule has 10 nitrogen and oxygen atoms in total. The van der Waals surface area contributed by atoms with Crippen LogP contribution in [-0.4, -0.2) is 88.6 Å². The van der Waals surface area contributed by atoms with Gasteiger partial charge < -0.3 is 30.2 Å². The number of aryl methyl sites for hydroxylation is 1. The lowest BCUT2D eigenvalue weighted by molar-refractivity contribution is 0.0303. The summed E-state index contributed by atoms with van der Waals surface area (Å²) in [5, 5.41) is 1.06. The van der Waals surface area contributed by atoms with Crippen molar-refractivity contribution in [3.63, 3.8) is 0 Å². The maximum Gasteiger partial charge on any atom is 0.254 e. The molecule has 2 aliphatic heterocycles. The summed E-state index contributed by atoms with van der Waals surface area (Å²) < 4.78 is 5.35.